The molecule has 1 saturated heterocycles. The number of ether oxygens (including phenoxy) is 1. The summed E-state index contributed by atoms with van der Waals surface area (Å²) in [6.07, 6.45) is 3.15. The normalized spacial score (nSPS) is 15.0. The van der Waals surface area contributed by atoms with E-state index in [9.17, 15) is 13.2 Å². The lowest BCUT2D eigenvalue weighted by Crippen LogP contribution is -2.49. The highest BCUT2D eigenvalue weighted by Gasteiger charge is 2.35. The standard InChI is InChI=1S/C23H35N5O4S/c1-5-12-25(4)23(29)19-18-27(13-6-2)24-22(19)33(30,31)28-16-14-26(15-17-28)20-10-8-9-11-21(20)32-7-3/h8-11,18H,5-7,12-17H2,1-4H3. The van der Waals surface area contributed by atoms with Gasteiger partial charge in [-0.25, -0.2) is 8.42 Å². The third kappa shape index (κ3) is 5.50. The van der Waals surface area contributed by atoms with Crippen LogP contribution in [0.4, 0.5) is 5.69 Å². The van der Waals surface area contributed by atoms with Crippen molar-refractivity contribution >= 4 is 21.6 Å². The minimum absolute atomic E-state index is 0.142. The summed E-state index contributed by atoms with van der Waals surface area (Å²) < 4.78 is 35.9. The molecule has 0 atom stereocenters. The number of carbonyl (C=O) groups excluding carboxylic acids is 1. The number of piperazine rings is 1. The molecule has 1 aromatic heterocycles. The Morgan fingerprint density at radius 2 is 1.79 bits per heavy atom. The Morgan fingerprint density at radius 3 is 2.42 bits per heavy atom. The van der Waals surface area contributed by atoms with Gasteiger partial charge in [-0.15, -0.1) is 0 Å². The zero-order chi connectivity index (χ0) is 24.0. The zero-order valence-corrected chi connectivity index (χ0v) is 20.8. The van der Waals surface area contributed by atoms with Crippen molar-refractivity contribution < 1.29 is 17.9 Å². The summed E-state index contributed by atoms with van der Waals surface area (Å²) in [5, 5.41) is 4.19. The number of rotatable bonds is 10. The molecule has 0 saturated carbocycles. The summed E-state index contributed by atoms with van der Waals surface area (Å²) in [5.41, 5.74) is 1.10. The molecule has 3 rings (SSSR count). The van der Waals surface area contributed by atoms with Gasteiger partial charge in [0.1, 0.15) is 5.75 Å². The largest absolute Gasteiger partial charge is 0.492 e. The van der Waals surface area contributed by atoms with E-state index in [-0.39, 0.29) is 16.5 Å². The SMILES string of the molecule is CCCN(C)C(=O)c1cn(CCC)nc1S(=O)(=O)N1CCN(c2ccccc2OCC)CC1. The predicted molar refractivity (Wildman–Crippen MR) is 128 cm³/mol. The summed E-state index contributed by atoms with van der Waals surface area (Å²) >= 11 is 0. The average molecular weight is 478 g/mol. The second-order valence-corrected chi connectivity index (χ2v) is 9.98. The first kappa shape index (κ1) is 25.0. The van der Waals surface area contributed by atoms with E-state index in [0.29, 0.717) is 45.9 Å². The van der Waals surface area contributed by atoms with Crippen molar-refractivity contribution in [3.8, 4) is 5.75 Å². The number of para-hydroxylation sites is 2. The summed E-state index contributed by atoms with van der Waals surface area (Å²) in [7, 11) is -2.23. The van der Waals surface area contributed by atoms with Crippen molar-refractivity contribution in [1.29, 1.82) is 0 Å². The topological polar surface area (TPSA) is 88.0 Å². The lowest BCUT2D eigenvalue weighted by Gasteiger charge is -2.35. The minimum atomic E-state index is -3.91. The van der Waals surface area contributed by atoms with Crippen LogP contribution in [0.3, 0.4) is 0 Å². The molecular formula is C23H35N5O4S. The molecule has 2 aromatic rings. The maximum atomic E-state index is 13.6. The Kier molecular flexibility index (Phi) is 8.36. The third-order valence-corrected chi connectivity index (χ3v) is 7.48. The van der Waals surface area contributed by atoms with Gasteiger partial charge in [-0.3, -0.25) is 9.48 Å². The molecule has 1 fully saturated rings. The fraction of sp³-hybridized carbons (Fsp3) is 0.565. The first-order valence-corrected chi connectivity index (χ1v) is 13.1. The maximum absolute atomic E-state index is 13.6. The maximum Gasteiger partial charge on any atom is 0.263 e. The molecule has 1 aliphatic rings. The molecule has 9 nitrogen and oxygen atoms in total. The van der Waals surface area contributed by atoms with Crippen LogP contribution in [-0.2, 0) is 16.6 Å². The summed E-state index contributed by atoms with van der Waals surface area (Å²) in [5.74, 6) is 0.475. The Bertz CT molecular complexity index is 1040. The average Bonchev–Trinajstić information content (AvgIpc) is 3.24. The van der Waals surface area contributed by atoms with Crippen LogP contribution in [-0.4, -0.2) is 79.7 Å². The summed E-state index contributed by atoms with van der Waals surface area (Å²) in [6, 6.07) is 7.79. The molecule has 0 unspecified atom stereocenters. The molecule has 0 N–H and O–H groups in total. The number of hydrogen-bond donors (Lipinski definition) is 0. The van der Waals surface area contributed by atoms with E-state index in [4.69, 9.17) is 4.74 Å². The Balaban J connectivity index is 1.83. The Labute approximate surface area is 197 Å². The number of carbonyl (C=O) groups is 1. The third-order valence-electron chi connectivity index (χ3n) is 5.65. The van der Waals surface area contributed by atoms with E-state index in [2.05, 4.69) is 10.00 Å². The molecule has 33 heavy (non-hydrogen) atoms. The smallest absolute Gasteiger partial charge is 0.263 e. The monoisotopic (exact) mass is 477 g/mol. The highest BCUT2D eigenvalue weighted by Crippen LogP contribution is 2.30. The molecule has 0 spiro atoms. The van der Waals surface area contributed by atoms with Crippen LogP contribution in [0.1, 0.15) is 44.0 Å². The summed E-state index contributed by atoms with van der Waals surface area (Å²) in [6.45, 7) is 9.24. The van der Waals surface area contributed by atoms with Gasteiger partial charge in [0, 0.05) is 52.5 Å². The van der Waals surface area contributed by atoms with Crippen molar-refractivity contribution in [3.63, 3.8) is 0 Å². The zero-order valence-electron chi connectivity index (χ0n) is 20.0. The lowest BCUT2D eigenvalue weighted by molar-refractivity contribution is 0.0791. The van der Waals surface area contributed by atoms with Gasteiger partial charge in [-0.05, 0) is 31.9 Å². The molecule has 0 bridgehead atoms. The lowest BCUT2D eigenvalue weighted by atomic mass is 10.2. The fourth-order valence-electron chi connectivity index (χ4n) is 4.01. The molecule has 2 heterocycles. The molecule has 0 radical (unpaired) electrons. The van der Waals surface area contributed by atoms with Crippen LogP contribution in [0.15, 0.2) is 35.5 Å². The number of amides is 1. The number of hydrogen-bond acceptors (Lipinski definition) is 6. The van der Waals surface area contributed by atoms with E-state index in [1.54, 1.807) is 22.8 Å². The van der Waals surface area contributed by atoms with Gasteiger partial charge in [0.25, 0.3) is 15.9 Å². The van der Waals surface area contributed by atoms with E-state index in [0.717, 1.165) is 24.3 Å². The van der Waals surface area contributed by atoms with Crippen molar-refractivity contribution in [3.05, 3.63) is 36.0 Å². The minimum Gasteiger partial charge on any atom is -0.492 e. The summed E-state index contributed by atoms with van der Waals surface area (Å²) in [4.78, 5) is 16.7. The molecule has 1 amide bonds. The molecule has 0 aliphatic carbocycles. The van der Waals surface area contributed by atoms with Crippen molar-refractivity contribution in [2.45, 2.75) is 45.2 Å². The van der Waals surface area contributed by atoms with E-state index in [1.165, 1.54) is 4.31 Å². The van der Waals surface area contributed by atoms with Crippen LogP contribution in [0.2, 0.25) is 0 Å². The number of aryl methyl sites for hydroxylation is 1. The first-order valence-electron chi connectivity index (χ1n) is 11.6. The van der Waals surface area contributed by atoms with E-state index in [1.807, 2.05) is 45.0 Å². The van der Waals surface area contributed by atoms with Gasteiger partial charge in [-0.1, -0.05) is 26.0 Å². The van der Waals surface area contributed by atoms with Crippen LogP contribution in [0.25, 0.3) is 0 Å². The van der Waals surface area contributed by atoms with Crippen LogP contribution in [0, 0.1) is 0 Å². The van der Waals surface area contributed by atoms with E-state index < -0.39 is 10.0 Å². The second kappa shape index (κ2) is 11.0. The van der Waals surface area contributed by atoms with Crippen molar-refractivity contribution in [2.24, 2.45) is 0 Å². The van der Waals surface area contributed by atoms with Gasteiger partial charge in [-0.2, -0.15) is 9.40 Å². The predicted octanol–water partition coefficient (Wildman–Crippen LogP) is 2.68. The number of anilines is 1. The first-order chi connectivity index (χ1) is 15.8. The molecule has 182 valence electrons. The van der Waals surface area contributed by atoms with Crippen molar-refractivity contribution in [2.75, 3.05) is 51.3 Å². The Hall–Kier alpha value is -2.59. The second-order valence-electron chi connectivity index (χ2n) is 8.13. The van der Waals surface area contributed by atoms with Crippen LogP contribution < -0.4 is 9.64 Å². The highest BCUT2D eigenvalue weighted by atomic mass is 32.2. The van der Waals surface area contributed by atoms with Gasteiger partial charge in [0.2, 0.25) is 5.03 Å². The fourth-order valence-corrected chi connectivity index (χ4v) is 5.53. The molecule has 1 aromatic carbocycles. The van der Waals surface area contributed by atoms with Gasteiger partial charge in [0.05, 0.1) is 17.9 Å². The van der Waals surface area contributed by atoms with Crippen LogP contribution in [0.5, 0.6) is 5.75 Å². The molecular weight excluding hydrogens is 442 g/mol. The number of aromatic nitrogens is 2. The van der Waals surface area contributed by atoms with Crippen LogP contribution >= 0.6 is 0 Å². The molecule has 10 heteroatoms. The quantitative estimate of drug-likeness (QED) is 0.523. The number of nitrogens with zero attached hydrogens (tertiary/aromatic N) is 5. The van der Waals surface area contributed by atoms with Gasteiger partial charge < -0.3 is 14.5 Å². The number of benzene rings is 1. The number of sulfonamides is 1. The van der Waals surface area contributed by atoms with Gasteiger partial charge in [0.15, 0.2) is 0 Å². The highest BCUT2D eigenvalue weighted by molar-refractivity contribution is 7.89. The van der Waals surface area contributed by atoms with E-state index >= 15 is 0 Å². The van der Waals surface area contributed by atoms with Gasteiger partial charge >= 0.3 is 0 Å². The Morgan fingerprint density at radius 1 is 1.09 bits per heavy atom. The van der Waals surface area contributed by atoms with Crippen molar-refractivity contribution in [1.82, 2.24) is 19.0 Å². The molecule has 1 aliphatic heterocycles.